The van der Waals surface area contributed by atoms with E-state index in [-0.39, 0.29) is 35.0 Å². The van der Waals surface area contributed by atoms with E-state index in [9.17, 15) is 18.0 Å². The van der Waals surface area contributed by atoms with Gasteiger partial charge in [-0.25, -0.2) is 18.2 Å². The maximum absolute atomic E-state index is 14.8. The number of nitrogens with one attached hydrogen (secondary N) is 1. The van der Waals surface area contributed by atoms with Gasteiger partial charge in [0.05, 0.1) is 18.9 Å². The first-order valence-electron chi connectivity index (χ1n) is 9.25. The molecule has 1 aliphatic rings. The third kappa shape index (κ3) is 3.76. The summed E-state index contributed by atoms with van der Waals surface area (Å²) >= 11 is 0. The normalized spacial score (nSPS) is 17.4. The molecule has 3 N–H and O–H groups in total. The van der Waals surface area contributed by atoms with Crippen molar-refractivity contribution >= 4 is 17.4 Å². The molecule has 4 rings (SSSR count). The summed E-state index contributed by atoms with van der Waals surface area (Å²) in [6, 6.07) is 7.30. The highest BCUT2D eigenvalue weighted by Crippen LogP contribution is 2.34. The van der Waals surface area contributed by atoms with Gasteiger partial charge in [0.1, 0.15) is 40.3 Å². The van der Waals surface area contributed by atoms with Gasteiger partial charge in [0.25, 0.3) is 12.3 Å². The standard InChI is InChI=1S/C20H15F3N8O/c1-20(9-31-16(18(25)29-20)5-11(6-24)30-31)12-4-10(2-3-13(12)21)28-19(32)15-8-26-14(7-27-15)17(22)23/h2-5,7-8,17H,9H2,1H3,(H2,25,29)(H,28,32)/t20-/m0/s1. The van der Waals surface area contributed by atoms with E-state index < -0.39 is 29.4 Å². The van der Waals surface area contributed by atoms with Crippen LogP contribution in [0.3, 0.4) is 0 Å². The lowest BCUT2D eigenvalue weighted by molar-refractivity contribution is 0.102. The highest BCUT2D eigenvalue weighted by Gasteiger charge is 2.35. The number of nitrogens with zero attached hydrogens (tertiary/aromatic N) is 6. The largest absolute Gasteiger partial charge is 0.382 e. The minimum absolute atomic E-state index is 0.0935. The minimum Gasteiger partial charge on any atom is -0.382 e. The van der Waals surface area contributed by atoms with Crippen molar-refractivity contribution in [2.45, 2.75) is 25.4 Å². The lowest BCUT2D eigenvalue weighted by atomic mass is 9.90. The molecule has 9 nitrogen and oxygen atoms in total. The van der Waals surface area contributed by atoms with Crippen molar-refractivity contribution in [2.24, 2.45) is 10.7 Å². The Labute approximate surface area is 179 Å². The molecule has 12 heteroatoms. The number of amides is 1. The Kier molecular flexibility index (Phi) is 5.09. The first-order valence-corrected chi connectivity index (χ1v) is 9.25. The van der Waals surface area contributed by atoms with Gasteiger partial charge in [-0.3, -0.25) is 19.5 Å². The molecule has 0 aliphatic carbocycles. The fraction of sp³-hybridized carbons (Fsp3) is 0.200. The number of aromatic nitrogens is 4. The molecular weight excluding hydrogens is 425 g/mol. The molecule has 1 aliphatic heterocycles. The van der Waals surface area contributed by atoms with E-state index in [0.29, 0.717) is 5.69 Å². The Morgan fingerprint density at radius 1 is 1.31 bits per heavy atom. The summed E-state index contributed by atoms with van der Waals surface area (Å²) in [6.45, 7) is 1.76. The fourth-order valence-electron chi connectivity index (χ4n) is 3.37. The quantitative estimate of drug-likeness (QED) is 0.640. The lowest BCUT2D eigenvalue weighted by Gasteiger charge is -2.31. The van der Waals surface area contributed by atoms with E-state index in [1.165, 1.54) is 22.9 Å². The van der Waals surface area contributed by atoms with Crippen LogP contribution in [0, 0.1) is 17.1 Å². The van der Waals surface area contributed by atoms with Crippen molar-refractivity contribution in [3.63, 3.8) is 0 Å². The molecule has 0 bridgehead atoms. The molecule has 3 aromatic rings. The maximum atomic E-state index is 14.8. The lowest BCUT2D eigenvalue weighted by Crippen LogP contribution is -2.37. The van der Waals surface area contributed by atoms with E-state index in [4.69, 9.17) is 11.0 Å². The van der Waals surface area contributed by atoms with E-state index >= 15 is 0 Å². The smallest absolute Gasteiger partial charge is 0.281 e. The van der Waals surface area contributed by atoms with Gasteiger partial charge in [-0.1, -0.05) is 0 Å². The van der Waals surface area contributed by atoms with Crippen LogP contribution < -0.4 is 11.1 Å². The van der Waals surface area contributed by atoms with Crippen molar-refractivity contribution in [1.82, 2.24) is 19.7 Å². The molecule has 1 aromatic carbocycles. The molecule has 0 fully saturated rings. The first kappa shape index (κ1) is 21.0. The number of nitriles is 1. The monoisotopic (exact) mass is 440 g/mol. The highest BCUT2D eigenvalue weighted by atomic mass is 19.3. The molecular formula is C20H15F3N8O. The van der Waals surface area contributed by atoms with Crippen LogP contribution in [0.1, 0.15) is 46.5 Å². The zero-order valence-electron chi connectivity index (χ0n) is 16.6. The molecule has 0 saturated carbocycles. The van der Waals surface area contributed by atoms with Crippen LogP contribution >= 0.6 is 0 Å². The second-order valence-corrected chi connectivity index (χ2v) is 7.23. The van der Waals surface area contributed by atoms with Crippen molar-refractivity contribution in [3.05, 3.63) is 70.8 Å². The molecule has 3 heterocycles. The van der Waals surface area contributed by atoms with Crippen molar-refractivity contribution in [3.8, 4) is 6.07 Å². The van der Waals surface area contributed by atoms with Gasteiger partial charge in [-0.15, -0.1) is 0 Å². The molecule has 0 unspecified atom stereocenters. The summed E-state index contributed by atoms with van der Waals surface area (Å²) in [6.07, 6.45) is -1.06. The summed E-state index contributed by atoms with van der Waals surface area (Å²) < 4.78 is 41.4. The van der Waals surface area contributed by atoms with Gasteiger partial charge in [-0.05, 0) is 25.1 Å². The summed E-state index contributed by atoms with van der Waals surface area (Å²) in [5.41, 5.74) is 5.09. The third-order valence-corrected chi connectivity index (χ3v) is 4.91. The highest BCUT2D eigenvalue weighted by molar-refractivity contribution is 6.02. The Morgan fingerprint density at radius 3 is 2.75 bits per heavy atom. The molecule has 0 radical (unpaired) electrons. The molecule has 1 atom stereocenters. The molecule has 32 heavy (non-hydrogen) atoms. The number of hydrogen-bond acceptors (Lipinski definition) is 7. The van der Waals surface area contributed by atoms with Crippen LogP contribution in [0.25, 0.3) is 0 Å². The zero-order chi connectivity index (χ0) is 23.0. The van der Waals surface area contributed by atoms with Crippen LogP contribution in [-0.4, -0.2) is 31.5 Å². The second-order valence-electron chi connectivity index (χ2n) is 7.23. The number of fused-ring (bicyclic) bond motifs is 1. The number of benzene rings is 1. The number of aliphatic imine (C=N–C) groups is 1. The van der Waals surface area contributed by atoms with Crippen molar-refractivity contribution in [1.29, 1.82) is 5.26 Å². The number of rotatable bonds is 4. The summed E-state index contributed by atoms with van der Waals surface area (Å²) in [7, 11) is 0. The molecule has 2 aromatic heterocycles. The number of hydrogen-bond donors (Lipinski definition) is 2. The number of amidine groups is 1. The van der Waals surface area contributed by atoms with Crippen molar-refractivity contribution < 1.29 is 18.0 Å². The third-order valence-electron chi connectivity index (χ3n) is 4.91. The maximum Gasteiger partial charge on any atom is 0.281 e. The fourth-order valence-corrected chi connectivity index (χ4v) is 3.37. The number of carbonyl (C=O) groups is 1. The summed E-state index contributed by atoms with van der Waals surface area (Å²) in [5.74, 6) is -1.20. The molecule has 0 spiro atoms. The summed E-state index contributed by atoms with van der Waals surface area (Å²) in [5, 5.41) is 15.7. The number of halogens is 3. The SMILES string of the molecule is C[C@@]1(c2cc(NC(=O)c3cnc(C(F)F)cn3)ccc2F)Cn2nc(C#N)cc2C(N)=N1. The molecule has 162 valence electrons. The van der Waals surface area contributed by atoms with Crippen LogP contribution in [0.15, 0.2) is 41.7 Å². The second kappa shape index (κ2) is 7.77. The number of carbonyl (C=O) groups excluding carboxylic acids is 1. The average Bonchev–Trinajstić information content (AvgIpc) is 3.18. The number of anilines is 1. The van der Waals surface area contributed by atoms with E-state index in [1.54, 1.807) is 6.92 Å². The first-order chi connectivity index (χ1) is 15.2. The number of alkyl halides is 2. The van der Waals surface area contributed by atoms with Gasteiger partial charge < -0.3 is 11.1 Å². The Hall–Kier alpha value is -4.27. The van der Waals surface area contributed by atoms with Gasteiger partial charge in [-0.2, -0.15) is 10.4 Å². The van der Waals surface area contributed by atoms with Crippen LogP contribution in [0.2, 0.25) is 0 Å². The minimum atomic E-state index is -2.80. The summed E-state index contributed by atoms with van der Waals surface area (Å²) in [4.78, 5) is 24.0. The Bertz CT molecular complexity index is 1280. The van der Waals surface area contributed by atoms with Gasteiger partial charge >= 0.3 is 0 Å². The van der Waals surface area contributed by atoms with Crippen LogP contribution in [0.4, 0.5) is 18.9 Å². The average molecular weight is 440 g/mol. The predicted molar refractivity (Wildman–Crippen MR) is 106 cm³/mol. The Balaban J connectivity index is 1.62. The van der Waals surface area contributed by atoms with Crippen molar-refractivity contribution in [2.75, 3.05) is 5.32 Å². The van der Waals surface area contributed by atoms with E-state index in [1.807, 2.05) is 6.07 Å². The zero-order valence-corrected chi connectivity index (χ0v) is 16.6. The van der Waals surface area contributed by atoms with Crippen LogP contribution in [0.5, 0.6) is 0 Å². The number of nitrogens with two attached hydrogens (primary N) is 1. The predicted octanol–water partition coefficient (Wildman–Crippen LogP) is 2.51. The molecule has 0 saturated heterocycles. The van der Waals surface area contributed by atoms with Crippen LogP contribution in [-0.2, 0) is 12.1 Å². The van der Waals surface area contributed by atoms with Gasteiger partial charge in [0.2, 0.25) is 0 Å². The van der Waals surface area contributed by atoms with Gasteiger partial charge in [0.15, 0.2) is 5.69 Å². The van der Waals surface area contributed by atoms with E-state index in [2.05, 4.69) is 25.4 Å². The Morgan fingerprint density at radius 2 is 2.09 bits per heavy atom. The van der Waals surface area contributed by atoms with Gasteiger partial charge in [0, 0.05) is 17.3 Å². The topological polar surface area (TPSA) is 135 Å². The van der Waals surface area contributed by atoms with E-state index in [0.717, 1.165) is 18.5 Å². The molecule has 1 amide bonds.